The molecule has 1 saturated heterocycles. The second kappa shape index (κ2) is 7.60. The molecule has 0 spiro atoms. The molecular weight excluding hydrogens is 406 g/mol. The van der Waals surface area contributed by atoms with Crippen molar-refractivity contribution in [1.82, 2.24) is 5.32 Å². The van der Waals surface area contributed by atoms with Gasteiger partial charge in [-0.1, -0.05) is 17.7 Å². The van der Waals surface area contributed by atoms with Crippen LogP contribution >= 0.6 is 11.6 Å². The van der Waals surface area contributed by atoms with E-state index in [0.29, 0.717) is 4.90 Å². The number of benzene rings is 2. The van der Waals surface area contributed by atoms with Crippen LogP contribution in [0.15, 0.2) is 42.0 Å². The number of nitrogens with zero attached hydrogens (tertiary/aromatic N) is 2. The smallest absolute Gasteiger partial charge is 0.335 e. The zero-order chi connectivity index (χ0) is 21.3. The number of hydrogen-bond acceptors (Lipinski definition) is 7. The molecule has 10 nitrogen and oxygen atoms in total. The molecule has 1 aliphatic rings. The molecule has 0 aromatic heterocycles. The molecule has 11 heteroatoms. The number of anilines is 1. The van der Waals surface area contributed by atoms with E-state index in [0.717, 1.165) is 12.1 Å². The number of imide groups is 2. The van der Waals surface area contributed by atoms with Crippen LogP contribution in [0.2, 0.25) is 5.02 Å². The van der Waals surface area contributed by atoms with Crippen molar-refractivity contribution in [3.63, 3.8) is 0 Å². The lowest BCUT2D eigenvalue weighted by Crippen LogP contribution is -2.54. The number of nitro groups is 1. The number of aromatic hydroxyl groups is 1. The van der Waals surface area contributed by atoms with Crippen molar-refractivity contribution >= 4 is 46.9 Å². The van der Waals surface area contributed by atoms with Crippen LogP contribution < -0.4 is 15.0 Å². The number of barbiturate groups is 1. The molecular formula is C18H12ClN3O7. The molecule has 2 aromatic carbocycles. The molecule has 0 radical (unpaired) electrons. The molecule has 1 heterocycles. The molecule has 0 saturated carbocycles. The predicted octanol–water partition coefficient (Wildman–Crippen LogP) is 2.63. The lowest BCUT2D eigenvalue weighted by molar-refractivity contribution is -0.384. The number of ether oxygens (including phenoxy) is 1. The summed E-state index contributed by atoms with van der Waals surface area (Å²) in [7, 11) is 1.30. The minimum atomic E-state index is -1.04. The first-order valence-electron chi connectivity index (χ1n) is 7.95. The Bertz CT molecular complexity index is 1100. The van der Waals surface area contributed by atoms with E-state index in [4.69, 9.17) is 16.3 Å². The van der Waals surface area contributed by atoms with Crippen molar-refractivity contribution in [2.24, 2.45) is 0 Å². The van der Waals surface area contributed by atoms with E-state index in [9.17, 15) is 29.6 Å². The van der Waals surface area contributed by atoms with E-state index in [1.807, 2.05) is 5.32 Å². The van der Waals surface area contributed by atoms with E-state index < -0.39 is 28.3 Å². The Kier molecular flexibility index (Phi) is 5.20. The van der Waals surface area contributed by atoms with E-state index in [-0.39, 0.29) is 33.5 Å². The van der Waals surface area contributed by atoms with Crippen LogP contribution in [0, 0.1) is 10.1 Å². The Morgan fingerprint density at radius 1 is 1.24 bits per heavy atom. The van der Waals surface area contributed by atoms with Crippen LogP contribution in [0.25, 0.3) is 6.08 Å². The lowest BCUT2D eigenvalue weighted by atomic mass is 10.1. The van der Waals surface area contributed by atoms with Gasteiger partial charge in [-0.05, 0) is 29.8 Å². The van der Waals surface area contributed by atoms with Gasteiger partial charge < -0.3 is 9.84 Å². The second-order valence-electron chi connectivity index (χ2n) is 5.79. The van der Waals surface area contributed by atoms with E-state index in [1.165, 1.54) is 37.4 Å². The number of methoxy groups -OCH3 is 1. The zero-order valence-corrected chi connectivity index (χ0v) is 15.5. The summed E-state index contributed by atoms with van der Waals surface area (Å²) >= 11 is 5.91. The van der Waals surface area contributed by atoms with Crippen LogP contribution in [-0.4, -0.2) is 35.0 Å². The summed E-state index contributed by atoms with van der Waals surface area (Å²) in [5.74, 6) is -2.24. The van der Waals surface area contributed by atoms with Crippen molar-refractivity contribution in [2.75, 3.05) is 12.0 Å². The van der Waals surface area contributed by atoms with Gasteiger partial charge in [-0.3, -0.25) is 25.0 Å². The maximum absolute atomic E-state index is 12.8. The van der Waals surface area contributed by atoms with Crippen LogP contribution in [0.3, 0.4) is 0 Å². The van der Waals surface area contributed by atoms with Gasteiger partial charge in [0.1, 0.15) is 5.57 Å². The quantitative estimate of drug-likeness (QED) is 0.337. The molecule has 0 unspecified atom stereocenters. The van der Waals surface area contributed by atoms with Crippen LogP contribution in [0.4, 0.5) is 16.2 Å². The summed E-state index contributed by atoms with van der Waals surface area (Å²) in [6.45, 7) is 0. The topological polar surface area (TPSA) is 139 Å². The third kappa shape index (κ3) is 3.73. The lowest BCUT2D eigenvalue weighted by Gasteiger charge is -2.26. The highest BCUT2D eigenvalue weighted by atomic mass is 35.5. The van der Waals surface area contributed by atoms with Crippen LogP contribution in [0.5, 0.6) is 11.5 Å². The molecule has 0 atom stereocenters. The summed E-state index contributed by atoms with van der Waals surface area (Å²) in [5, 5.41) is 22.7. The number of halogens is 1. The highest BCUT2D eigenvalue weighted by molar-refractivity contribution is 6.39. The van der Waals surface area contributed by atoms with Crippen LogP contribution in [0.1, 0.15) is 5.56 Å². The molecule has 4 amide bonds. The number of nitrogens with one attached hydrogen (secondary N) is 1. The highest BCUT2D eigenvalue weighted by Crippen LogP contribution is 2.36. The number of rotatable bonds is 4. The van der Waals surface area contributed by atoms with Crippen molar-refractivity contribution in [3.8, 4) is 11.5 Å². The Labute approximate surface area is 168 Å². The fourth-order valence-electron chi connectivity index (χ4n) is 2.64. The minimum absolute atomic E-state index is 0.0135. The molecule has 3 rings (SSSR count). The molecule has 29 heavy (non-hydrogen) atoms. The van der Waals surface area contributed by atoms with Crippen molar-refractivity contribution in [2.45, 2.75) is 0 Å². The summed E-state index contributed by atoms with van der Waals surface area (Å²) in [6, 6.07) is 6.44. The van der Waals surface area contributed by atoms with Gasteiger partial charge in [0.25, 0.3) is 17.5 Å². The fourth-order valence-corrected chi connectivity index (χ4v) is 2.86. The van der Waals surface area contributed by atoms with Crippen molar-refractivity contribution in [3.05, 3.63) is 62.7 Å². The average molecular weight is 418 g/mol. The summed E-state index contributed by atoms with van der Waals surface area (Å²) in [6.07, 6.45) is 1.16. The van der Waals surface area contributed by atoms with Gasteiger partial charge in [0, 0.05) is 12.1 Å². The molecule has 2 N–H and O–H groups in total. The molecule has 1 fully saturated rings. The number of amides is 4. The highest BCUT2D eigenvalue weighted by Gasteiger charge is 2.37. The Hall–Kier alpha value is -3.92. The summed E-state index contributed by atoms with van der Waals surface area (Å²) in [5.41, 5.74) is -0.585. The monoisotopic (exact) mass is 417 g/mol. The largest absolute Gasteiger partial charge is 0.503 e. The Morgan fingerprint density at radius 2 is 1.97 bits per heavy atom. The van der Waals surface area contributed by atoms with E-state index in [2.05, 4.69) is 0 Å². The SMILES string of the molecule is COc1cc(/C=C2\C(=O)NC(=O)N(c3cccc([N+](=O)[O-])c3)C2=O)cc(Cl)c1O. The molecule has 2 aromatic rings. The minimum Gasteiger partial charge on any atom is -0.503 e. The van der Waals surface area contributed by atoms with Gasteiger partial charge in [-0.25, -0.2) is 9.69 Å². The number of phenols is 1. The number of non-ortho nitro benzene ring substituents is 1. The predicted molar refractivity (Wildman–Crippen MR) is 102 cm³/mol. The molecule has 148 valence electrons. The first kappa shape index (κ1) is 19.8. The Balaban J connectivity index is 2.06. The number of carbonyl (C=O) groups is 3. The van der Waals surface area contributed by atoms with E-state index in [1.54, 1.807) is 0 Å². The van der Waals surface area contributed by atoms with Gasteiger partial charge in [0.05, 0.1) is 22.7 Å². The van der Waals surface area contributed by atoms with Gasteiger partial charge in [-0.15, -0.1) is 0 Å². The fraction of sp³-hybridized carbons (Fsp3) is 0.0556. The number of hydrogen-bond donors (Lipinski definition) is 2. The molecule has 0 aliphatic carbocycles. The first-order valence-corrected chi connectivity index (χ1v) is 8.33. The third-order valence-corrected chi connectivity index (χ3v) is 4.27. The number of urea groups is 1. The van der Waals surface area contributed by atoms with E-state index >= 15 is 0 Å². The van der Waals surface area contributed by atoms with Crippen LogP contribution in [-0.2, 0) is 9.59 Å². The molecule has 0 bridgehead atoms. The third-order valence-electron chi connectivity index (χ3n) is 3.98. The average Bonchev–Trinajstić information content (AvgIpc) is 2.67. The number of phenolic OH excluding ortho intramolecular Hbond substituents is 1. The number of nitro benzene ring substituents is 1. The standard InChI is InChI=1S/C18H12ClN3O7/c1-29-14-7-9(6-13(19)15(14)23)5-12-16(24)20-18(26)21(17(12)25)10-3-2-4-11(8-10)22(27)28/h2-8,23H,1H3,(H,20,24,26)/b12-5+. The maximum atomic E-state index is 12.8. The second-order valence-corrected chi connectivity index (χ2v) is 6.20. The van der Waals surface area contributed by atoms with Crippen molar-refractivity contribution in [1.29, 1.82) is 0 Å². The summed E-state index contributed by atoms with van der Waals surface area (Å²) in [4.78, 5) is 48.1. The first-order chi connectivity index (χ1) is 13.7. The number of carbonyl (C=O) groups excluding carboxylic acids is 3. The van der Waals surface area contributed by atoms with Gasteiger partial charge in [-0.2, -0.15) is 0 Å². The van der Waals surface area contributed by atoms with Gasteiger partial charge >= 0.3 is 6.03 Å². The molecule has 1 aliphatic heterocycles. The zero-order valence-electron chi connectivity index (χ0n) is 14.7. The van der Waals surface area contributed by atoms with Gasteiger partial charge in [0.2, 0.25) is 0 Å². The van der Waals surface area contributed by atoms with Crippen molar-refractivity contribution < 1.29 is 29.2 Å². The normalized spacial score (nSPS) is 15.4. The maximum Gasteiger partial charge on any atom is 0.335 e. The summed E-state index contributed by atoms with van der Waals surface area (Å²) < 4.78 is 4.97. The van der Waals surface area contributed by atoms with Gasteiger partial charge in [0.15, 0.2) is 11.5 Å². The Morgan fingerprint density at radius 3 is 2.62 bits per heavy atom.